The Morgan fingerprint density at radius 1 is 1.05 bits per heavy atom. The number of aromatic nitrogens is 1. The van der Waals surface area contributed by atoms with Crippen molar-refractivity contribution in [1.82, 2.24) is 10.3 Å². The predicted molar refractivity (Wildman–Crippen MR) is 151 cm³/mol. The van der Waals surface area contributed by atoms with Crippen LogP contribution in [-0.2, 0) is 21.2 Å². The fourth-order valence-electron chi connectivity index (χ4n) is 3.98. The number of fused-ring (bicyclic) bond motifs is 1. The van der Waals surface area contributed by atoms with Crippen molar-refractivity contribution < 1.29 is 22.7 Å². The van der Waals surface area contributed by atoms with Gasteiger partial charge < -0.3 is 15.4 Å². The second-order valence-corrected chi connectivity index (χ2v) is 12.9. The van der Waals surface area contributed by atoms with E-state index in [1.165, 1.54) is 42.6 Å². The zero-order valence-electron chi connectivity index (χ0n) is 21.2. The Labute approximate surface area is 241 Å². The third-order valence-corrected chi connectivity index (χ3v) is 8.24. The van der Waals surface area contributed by atoms with Crippen molar-refractivity contribution >= 4 is 68.2 Å². The van der Waals surface area contributed by atoms with Crippen LogP contribution in [0, 0.1) is 0 Å². The number of carbonyl (C=O) groups is 2. The first-order chi connectivity index (χ1) is 18.2. The van der Waals surface area contributed by atoms with Crippen LogP contribution in [0.15, 0.2) is 59.6 Å². The number of anilines is 2. The monoisotopic (exact) mass is 610 g/mol. The molecule has 2 aromatic carbocycles. The van der Waals surface area contributed by atoms with Crippen LogP contribution >= 0.6 is 34.8 Å². The standard InChI is InChI=1S/C26H25Cl3N4O5S/c1-26(2,3)38-25(35)32-17-11-21-22(33(14-17)39(36,37)18-7-4-6-15(27)10-18)12-16(13-30-21)31-24(34)23-19(28)8-5-9-20(23)29/h4-10,12-13,17H,11,14H2,1-3H3,(H,31,34)(H,32,35). The Kier molecular flexibility index (Phi) is 8.32. The Morgan fingerprint density at radius 3 is 2.36 bits per heavy atom. The molecule has 2 amide bonds. The molecule has 1 aliphatic rings. The van der Waals surface area contributed by atoms with E-state index in [0.29, 0.717) is 5.69 Å². The number of rotatable bonds is 5. The van der Waals surface area contributed by atoms with Gasteiger partial charge in [-0.25, -0.2) is 13.2 Å². The van der Waals surface area contributed by atoms with E-state index in [4.69, 9.17) is 39.5 Å². The lowest BCUT2D eigenvalue weighted by Gasteiger charge is -2.35. The highest BCUT2D eigenvalue weighted by atomic mass is 35.5. The average molecular weight is 612 g/mol. The second-order valence-electron chi connectivity index (χ2n) is 9.78. The Morgan fingerprint density at radius 2 is 1.72 bits per heavy atom. The lowest BCUT2D eigenvalue weighted by atomic mass is 10.0. The summed E-state index contributed by atoms with van der Waals surface area (Å²) in [6.07, 6.45) is 0.930. The molecule has 0 saturated carbocycles. The number of nitrogens with one attached hydrogen (secondary N) is 2. The number of sulfonamides is 1. The van der Waals surface area contributed by atoms with Gasteiger partial charge in [0.15, 0.2) is 0 Å². The summed E-state index contributed by atoms with van der Waals surface area (Å²) in [5, 5.41) is 5.97. The fourth-order valence-corrected chi connectivity index (χ4v) is 6.38. The normalized spacial score (nSPS) is 15.3. The van der Waals surface area contributed by atoms with E-state index in [2.05, 4.69) is 15.6 Å². The molecule has 3 aromatic rings. The molecule has 1 unspecified atom stereocenters. The Balaban J connectivity index is 1.71. The van der Waals surface area contributed by atoms with Crippen LogP contribution in [0.2, 0.25) is 15.1 Å². The number of ether oxygens (including phenoxy) is 1. The van der Waals surface area contributed by atoms with Crippen LogP contribution in [0.3, 0.4) is 0 Å². The lowest BCUT2D eigenvalue weighted by Crippen LogP contribution is -2.51. The van der Waals surface area contributed by atoms with Gasteiger partial charge in [-0.1, -0.05) is 46.9 Å². The zero-order chi connectivity index (χ0) is 28.5. The molecule has 0 bridgehead atoms. The van der Waals surface area contributed by atoms with Gasteiger partial charge in [-0.3, -0.25) is 14.1 Å². The number of hydrogen-bond acceptors (Lipinski definition) is 6. The first kappa shape index (κ1) is 28.9. The molecular formula is C26H25Cl3N4O5S. The first-order valence-corrected chi connectivity index (χ1v) is 14.3. The SMILES string of the molecule is CC(C)(C)OC(=O)NC1Cc2ncc(NC(=O)c3c(Cl)cccc3Cl)cc2N(S(=O)(=O)c2cccc(Cl)c2)C1. The number of benzene rings is 2. The molecule has 0 fully saturated rings. The van der Waals surface area contributed by atoms with E-state index in [1.807, 2.05) is 0 Å². The van der Waals surface area contributed by atoms with Gasteiger partial charge >= 0.3 is 6.09 Å². The van der Waals surface area contributed by atoms with Crippen molar-refractivity contribution in [2.75, 3.05) is 16.2 Å². The van der Waals surface area contributed by atoms with Gasteiger partial charge in [0.1, 0.15) is 5.60 Å². The second kappa shape index (κ2) is 11.2. The molecule has 1 atom stereocenters. The summed E-state index contributed by atoms with van der Waals surface area (Å²) in [6, 6.07) is 11.4. The van der Waals surface area contributed by atoms with Crippen molar-refractivity contribution in [3.63, 3.8) is 0 Å². The average Bonchev–Trinajstić information content (AvgIpc) is 2.82. The smallest absolute Gasteiger partial charge is 0.407 e. The van der Waals surface area contributed by atoms with Crippen LogP contribution in [0.5, 0.6) is 0 Å². The zero-order valence-corrected chi connectivity index (χ0v) is 24.2. The van der Waals surface area contributed by atoms with Crippen molar-refractivity contribution in [2.45, 2.75) is 43.7 Å². The minimum absolute atomic E-state index is 0.0452. The molecule has 0 saturated heterocycles. The number of hydrogen-bond donors (Lipinski definition) is 2. The van der Waals surface area contributed by atoms with Gasteiger partial charge in [0.25, 0.3) is 15.9 Å². The highest BCUT2D eigenvalue weighted by Gasteiger charge is 2.36. The van der Waals surface area contributed by atoms with Crippen LogP contribution in [0.4, 0.5) is 16.2 Å². The molecule has 4 rings (SSSR count). The van der Waals surface area contributed by atoms with E-state index in [-0.39, 0.29) is 49.9 Å². The number of alkyl carbamates (subject to hydrolysis) is 1. The van der Waals surface area contributed by atoms with E-state index < -0.39 is 33.7 Å². The van der Waals surface area contributed by atoms with E-state index in [1.54, 1.807) is 32.9 Å². The molecule has 13 heteroatoms. The molecule has 1 aromatic heterocycles. The van der Waals surface area contributed by atoms with Crippen LogP contribution in [0.25, 0.3) is 0 Å². The third kappa shape index (κ3) is 6.75. The topological polar surface area (TPSA) is 118 Å². The van der Waals surface area contributed by atoms with Gasteiger partial charge in [0.2, 0.25) is 0 Å². The van der Waals surface area contributed by atoms with Crippen molar-refractivity contribution in [1.29, 1.82) is 0 Å². The summed E-state index contributed by atoms with van der Waals surface area (Å²) in [5.41, 5.74) is 0.184. The quantitative estimate of drug-likeness (QED) is 0.369. The maximum absolute atomic E-state index is 13.8. The van der Waals surface area contributed by atoms with Gasteiger partial charge in [-0.2, -0.15) is 0 Å². The lowest BCUT2D eigenvalue weighted by molar-refractivity contribution is 0.0505. The maximum atomic E-state index is 13.8. The summed E-state index contributed by atoms with van der Waals surface area (Å²) in [4.78, 5) is 29.8. The van der Waals surface area contributed by atoms with Gasteiger partial charge in [0.05, 0.1) is 56.4 Å². The minimum Gasteiger partial charge on any atom is -0.444 e. The fraction of sp³-hybridized carbons (Fsp3) is 0.269. The summed E-state index contributed by atoms with van der Waals surface area (Å²) < 4.78 is 34.0. The number of nitrogens with zero attached hydrogens (tertiary/aromatic N) is 2. The van der Waals surface area contributed by atoms with E-state index in [9.17, 15) is 18.0 Å². The van der Waals surface area contributed by atoms with Crippen molar-refractivity contribution in [3.8, 4) is 0 Å². The molecule has 1 aliphatic heterocycles. The number of pyridine rings is 1. The minimum atomic E-state index is -4.15. The highest BCUT2D eigenvalue weighted by Crippen LogP contribution is 2.34. The van der Waals surface area contributed by atoms with Crippen molar-refractivity contribution in [2.24, 2.45) is 0 Å². The first-order valence-electron chi connectivity index (χ1n) is 11.8. The molecule has 0 aliphatic carbocycles. The number of carbonyl (C=O) groups excluding carboxylic acids is 2. The van der Waals surface area contributed by atoms with Crippen LogP contribution in [0.1, 0.15) is 36.8 Å². The Bertz CT molecular complexity index is 1520. The van der Waals surface area contributed by atoms with Gasteiger partial charge in [-0.05, 0) is 57.2 Å². The summed E-state index contributed by atoms with van der Waals surface area (Å²) in [7, 11) is -4.15. The third-order valence-electron chi connectivity index (χ3n) is 5.59. The molecule has 0 radical (unpaired) electrons. The Hall–Kier alpha value is -3.05. The summed E-state index contributed by atoms with van der Waals surface area (Å²) >= 11 is 18.4. The summed E-state index contributed by atoms with van der Waals surface area (Å²) in [6.45, 7) is 5.07. The van der Waals surface area contributed by atoms with E-state index in [0.717, 1.165) is 4.31 Å². The van der Waals surface area contributed by atoms with Crippen LogP contribution < -0.4 is 14.9 Å². The highest BCUT2D eigenvalue weighted by molar-refractivity contribution is 7.92. The molecular weight excluding hydrogens is 587 g/mol. The molecule has 206 valence electrons. The van der Waals surface area contributed by atoms with Gasteiger partial charge in [-0.15, -0.1) is 0 Å². The molecule has 9 nitrogen and oxygen atoms in total. The molecule has 2 heterocycles. The number of halogens is 3. The van der Waals surface area contributed by atoms with E-state index >= 15 is 0 Å². The molecule has 39 heavy (non-hydrogen) atoms. The molecule has 2 N–H and O–H groups in total. The predicted octanol–water partition coefficient (Wildman–Crippen LogP) is 5.94. The largest absolute Gasteiger partial charge is 0.444 e. The maximum Gasteiger partial charge on any atom is 0.407 e. The molecule has 0 spiro atoms. The summed E-state index contributed by atoms with van der Waals surface area (Å²) in [5.74, 6) is -0.586. The van der Waals surface area contributed by atoms with Gasteiger partial charge in [0, 0.05) is 11.4 Å². The van der Waals surface area contributed by atoms with Crippen LogP contribution in [-0.4, -0.2) is 43.6 Å². The number of amides is 2. The van der Waals surface area contributed by atoms with Crippen molar-refractivity contribution in [3.05, 3.63) is 81.1 Å².